The lowest BCUT2D eigenvalue weighted by atomic mass is 9.94. The van der Waals surface area contributed by atoms with Crippen molar-refractivity contribution >= 4 is 28.7 Å². The van der Waals surface area contributed by atoms with Gasteiger partial charge in [0, 0.05) is 12.6 Å². The summed E-state index contributed by atoms with van der Waals surface area (Å²) < 4.78 is 0. The van der Waals surface area contributed by atoms with Gasteiger partial charge in [0.15, 0.2) is 0 Å². The van der Waals surface area contributed by atoms with E-state index in [1.54, 1.807) is 11.8 Å². The number of rotatable bonds is 9. The van der Waals surface area contributed by atoms with Crippen molar-refractivity contribution in [2.24, 2.45) is 0 Å². The smallest absolute Gasteiger partial charge is 0.230 e. The Labute approximate surface area is 166 Å². The van der Waals surface area contributed by atoms with Crippen LogP contribution >= 0.6 is 11.8 Å². The van der Waals surface area contributed by atoms with Gasteiger partial charge in [-0.1, -0.05) is 31.4 Å². The number of nitrogens with zero attached hydrogens (tertiary/aromatic N) is 2. The molecule has 0 bridgehead atoms. The molecule has 1 amide bonds. The molecule has 27 heavy (non-hydrogen) atoms. The molecular formula is C21H32N4OS. The Morgan fingerprint density at radius 3 is 2.89 bits per heavy atom. The molecule has 5 nitrogen and oxygen atoms in total. The number of amides is 1. The summed E-state index contributed by atoms with van der Waals surface area (Å²) in [6.07, 6.45) is 7.81. The zero-order valence-electron chi connectivity index (χ0n) is 16.5. The van der Waals surface area contributed by atoms with E-state index in [2.05, 4.69) is 34.2 Å². The second-order valence-electron chi connectivity index (χ2n) is 7.57. The molecule has 6 heteroatoms. The first-order chi connectivity index (χ1) is 13.1. The second-order valence-corrected chi connectivity index (χ2v) is 8.90. The van der Waals surface area contributed by atoms with Crippen LogP contribution in [0.25, 0.3) is 11.0 Å². The van der Waals surface area contributed by atoms with E-state index in [1.807, 2.05) is 24.3 Å². The molecule has 0 aliphatic heterocycles. The van der Waals surface area contributed by atoms with E-state index in [4.69, 9.17) is 0 Å². The number of aromatic amines is 1. The van der Waals surface area contributed by atoms with Crippen LogP contribution in [0.4, 0.5) is 0 Å². The number of carbonyl (C=O) groups is 1. The fourth-order valence-electron chi connectivity index (χ4n) is 3.76. The third-order valence-corrected chi connectivity index (χ3v) is 6.62. The van der Waals surface area contributed by atoms with Crippen LogP contribution in [0, 0.1) is 0 Å². The molecule has 0 spiro atoms. The molecular weight excluding hydrogens is 356 g/mol. The topological polar surface area (TPSA) is 61.0 Å². The van der Waals surface area contributed by atoms with Gasteiger partial charge in [0.1, 0.15) is 5.82 Å². The van der Waals surface area contributed by atoms with E-state index < -0.39 is 0 Å². The summed E-state index contributed by atoms with van der Waals surface area (Å²) in [6.45, 7) is 3.91. The lowest BCUT2D eigenvalue weighted by Crippen LogP contribution is -2.36. The molecule has 1 aliphatic carbocycles. The monoisotopic (exact) mass is 388 g/mol. The molecule has 2 N–H and O–H groups in total. The molecule has 3 rings (SSSR count). The highest BCUT2D eigenvalue weighted by Crippen LogP contribution is 2.27. The number of aromatic nitrogens is 2. The van der Waals surface area contributed by atoms with Crippen molar-refractivity contribution in [2.45, 2.75) is 56.7 Å². The number of imidazole rings is 1. The summed E-state index contributed by atoms with van der Waals surface area (Å²) in [6, 6.07) is 8.77. The summed E-state index contributed by atoms with van der Waals surface area (Å²) in [7, 11) is 2.22. The maximum atomic E-state index is 12.1. The van der Waals surface area contributed by atoms with E-state index in [0.717, 1.165) is 42.4 Å². The van der Waals surface area contributed by atoms with Crippen LogP contribution in [-0.2, 0) is 4.79 Å². The Bertz CT molecular complexity index is 693. The lowest BCUT2D eigenvalue weighted by Gasteiger charge is -2.31. The zero-order chi connectivity index (χ0) is 19.1. The number of hydrogen-bond acceptors (Lipinski definition) is 4. The van der Waals surface area contributed by atoms with Crippen LogP contribution in [0.1, 0.15) is 56.5 Å². The fourth-order valence-corrected chi connectivity index (χ4v) is 4.53. The predicted octanol–water partition coefficient (Wildman–Crippen LogP) is 4.13. The molecule has 2 aromatic rings. The molecule has 1 fully saturated rings. The van der Waals surface area contributed by atoms with Crippen LogP contribution in [0.3, 0.4) is 0 Å². The maximum absolute atomic E-state index is 12.1. The molecule has 1 aromatic carbocycles. The van der Waals surface area contributed by atoms with Crippen molar-refractivity contribution in [1.82, 2.24) is 20.2 Å². The number of benzene rings is 1. The molecule has 1 saturated carbocycles. The van der Waals surface area contributed by atoms with Crippen molar-refractivity contribution in [3.63, 3.8) is 0 Å². The summed E-state index contributed by atoms with van der Waals surface area (Å²) in [5, 5.41) is 3.22. The Hall–Kier alpha value is -1.53. The van der Waals surface area contributed by atoms with Crippen LogP contribution in [-0.4, -0.2) is 52.7 Å². The Balaban J connectivity index is 1.32. The normalized spacial score (nSPS) is 16.7. The lowest BCUT2D eigenvalue weighted by molar-refractivity contribution is -0.118. The number of fused-ring (bicyclic) bond motifs is 1. The number of para-hydroxylation sites is 2. The first-order valence-corrected chi connectivity index (χ1v) is 11.2. The summed E-state index contributed by atoms with van der Waals surface area (Å²) in [5.41, 5.74) is 2.03. The molecule has 148 valence electrons. The van der Waals surface area contributed by atoms with Gasteiger partial charge in [-0.25, -0.2) is 4.98 Å². The predicted molar refractivity (Wildman–Crippen MR) is 114 cm³/mol. The fraction of sp³-hybridized carbons (Fsp3) is 0.619. The van der Waals surface area contributed by atoms with E-state index in [1.165, 1.54) is 32.1 Å². The van der Waals surface area contributed by atoms with Crippen LogP contribution in [0.15, 0.2) is 24.3 Å². The van der Waals surface area contributed by atoms with Gasteiger partial charge in [-0.2, -0.15) is 0 Å². The number of hydrogen-bond donors (Lipinski definition) is 2. The van der Waals surface area contributed by atoms with E-state index >= 15 is 0 Å². The van der Waals surface area contributed by atoms with Gasteiger partial charge in [-0.15, -0.1) is 11.8 Å². The molecule has 0 saturated heterocycles. The molecule has 1 aromatic heterocycles. The van der Waals surface area contributed by atoms with Gasteiger partial charge >= 0.3 is 0 Å². The SMILES string of the molecule is CC(SCC(=O)NCCCN(C)C1CCCCC1)c1nc2ccccc2[nH]1. The van der Waals surface area contributed by atoms with E-state index in [0.29, 0.717) is 5.75 Å². The highest BCUT2D eigenvalue weighted by Gasteiger charge is 2.17. The number of H-pyrrole nitrogens is 1. The van der Waals surface area contributed by atoms with Crippen molar-refractivity contribution in [2.75, 3.05) is 25.9 Å². The summed E-state index contributed by atoms with van der Waals surface area (Å²) in [5.74, 6) is 1.52. The second kappa shape index (κ2) is 10.1. The molecule has 0 radical (unpaired) electrons. The van der Waals surface area contributed by atoms with Gasteiger partial charge < -0.3 is 15.2 Å². The molecule has 1 atom stereocenters. The van der Waals surface area contributed by atoms with E-state index in [9.17, 15) is 4.79 Å². The molecule has 1 unspecified atom stereocenters. The van der Waals surface area contributed by atoms with Crippen molar-refractivity contribution in [1.29, 1.82) is 0 Å². The number of nitrogens with one attached hydrogen (secondary N) is 2. The van der Waals surface area contributed by atoms with Gasteiger partial charge in [-0.3, -0.25) is 4.79 Å². The Morgan fingerprint density at radius 2 is 2.11 bits per heavy atom. The third kappa shape index (κ3) is 5.98. The molecule has 1 heterocycles. The van der Waals surface area contributed by atoms with Gasteiger partial charge in [0.2, 0.25) is 5.91 Å². The van der Waals surface area contributed by atoms with Gasteiger partial charge in [0.05, 0.1) is 22.0 Å². The summed E-state index contributed by atoms with van der Waals surface area (Å²) in [4.78, 5) is 22.6. The minimum Gasteiger partial charge on any atom is -0.355 e. The van der Waals surface area contributed by atoms with Crippen molar-refractivity contribution in [3.8, 4) is 0 Å². The highest BCUT2D eigenvalue weighted by atomic mass is 32.2. The third-order valence-electron chi connectivity index (χ3n) is 5.46. The number of thioether (sulfide) groups is 1. The molecule has 1 aliphatic rings. The quantitative estimate of drug-likeness (QED) is 0.634. The zero-order valence-corrected chi connectivity index (χ0v) is 17.4. The van der Waals surface area contributed by atoms with Crippen LogP contribution in [0.2, 0.25) is 0 Å². The largest absolute Gasteiger partial charge is 0.355 e. The first kappa shape index (κ1) is 20.2. The Morgan fingerprint density at radius 1 is 1.33 bits per heavy atom. The van der Waals surface area contributed by atoms with Gasteiger partial charge in [-0.05, 0) is 51.9 Å². The average Bonchev–Trinajstić information content (AvgIpc) is 3.14. The standard InChI is InChI=1S/C21H32N4OS/c1-16(21-23-18-11-6-7-12-19(18)24-21)27-15-20(26)22-13-8-14-25(2)17-9-4-3-5-10-17/h6-7,11-12,16-17H,3-5,8-10,13-15H2,1-2H3,(H,22,26)(H,23,24). The van der Waals surface area contributed by atoms with Gasteiger partial charge in [0.25, 0.3) is 0 Å². The van der Waals surface area contributed by atoms with Crippen LogP contribution in [0.5, 0.6) is 0 Å². The number of carbonyl (C=O) groups excluding carboxylic acids is 1. The van der Waals surface area contributed by atoms with Crippen molar-refractivity contribution in [3.05, 3.63) is 30.1 Å². The van der Waals surface area contributed by atoms with Crippen LogP contribution < -0.4 is 5.32 Å². The van der Waals surface area contributed by atoms with Crippen molar-refractivity contribution < 1.29 is 4.79 Å². The Kier molecular flexibility index (Phi) is 7.59. The minimum absolute atomic E-state index is 0.114. The first-order valence-electron chi connectivity index (χ1n) is 10.2. The average molecular weight is 389 g/mol. The highest BCUT2D eigenvalue weighted by molar-refractivity contribution is 8.00. The van der Waals surface area contributed by atoms with E-state index in [-0.39, 0.29) is 11.2 Å². The summed E-state index contributed by atoms with van der Waals surface area (Å²) >= 11 is 1.62. The minimum atomic E-state index is 0.114. The maximum Gasteiger partial charge on any atom is 0.230 e.